The third-order valence-corrected chi connectivity index (χ3v) is 10.2. The summed E-state index contributed by atoms with van der Waals surface area (Å²) >= 11 is 0. The number of nitrogens with one attached hydrogen (secondary N) is 1. The van der Waals surface area contributed by atoms with Crippen LogP contribution in [0, 0.1) is 29.9 Å². The van der Waals surface area contributed by atoms with Crippen molar-refractivity contribution in [2.24, 2.45) is 5.92 Å². The number of ether oxygens (including phenoxy) is 1. The fraction of sp³-hybridized carbons (Fsp3) is 0.441. The molecular weight excluding hydrogens is 546 g/mol. The Morgan fingerprint density at radius 2 is 1.91 bits per heavy atom. The lowest BCUT2D eigenvalue weighted by atomic mass is 9.93. The van der Waals surface area contributed by atoms with Crippen molar-refractivity contribution in [3.63, 3.8) is 0 Å². The molecule has 43 heavy (non-hydrogen) atoms. The molecule has 4 aromatic rings. The number of pyridine rings is 1. The Morgan fingerprint density at radius 1 is 1.07 bits per heavy atom. The third kappa shape index (κ3) is 4.10. The minimum atomic E-state index is -0.574. The highest BCUT2D eigenvalue weighted by Crippen LogP contribution is 2.43. The molecular formula is C34H34F2N6O. The maximum atomic E-state index is 16.9. The monoisotopic (exact) mass is 580 g/mol. The van der Waals surface area contributed by atoms with Gasteiger partial charge in [0, 0.05) is 36.6 Å². The van der Waals surface area contributed by atoms with E-state index >= 15 is 4.39 Å². The molecule has 0 unspecified atom stereocenters. The lowest BCUT2D eigenvalue weighted by Crippen LogP contribution is -2.54. The highest BCUT2D eigenvalue weighted by atomic mass is 19.1. The van der Waals surface area contributed by atoms with Gasteiger partial charge in [0.25, 0.3) is 0 Å². The average Bonchev–Trinajstić information content (AvgIpc) is 3.58. The largest absolute Gasteiger partial charge is 0.461 e. The van der Waals surface area contributed by atoms with E-state index in [-0.39, 0.29) is 40.3 Å². The Labute approximate surface area is 249 Å². The number of benzene rings is 2. The molecule has 4 aliphatic rings. The summed E-state index contributed by atoms with van der Waals surface area (Å²) in [5.74, 6) is 2.29. The molecule has 4 aliphatic heterocycles. The highest BCUT2D eigenvalue weighted by Gasteiger charge is 2.45. The Bertz CT molecular complexity index is 1810. The normalized spacial score (nSPS) is 22.8. The first-order chi connectivity index (χ1) is 21.0. The van der Waals surface area contributed by atoms with Gasteiger partial charge in [0.2, 0.25) is 0 Å². The number of rotatable bonds is 4. The second-order valence-corrected chi connectivity index (χ2v) is 12.6. The zero-order valence-electron chi connectivity index (χ0n) is 24.3. The number of halogens is 2. The second kappa shape index (κ2) is 10.1. The predicted octanol–water partition coefficient (Wildman–Crippen LogP) is 5.08. The van der Waals surface area contributed by atoms with Crippen LogP contribution in [-0.2, 0) is 6.42 Å². The Morgan fingerprint density at radius 3 is 2.72 bits per heavy atom. The number of anilines is 1. The molecule has 0 aliphatic carbocycles. The van der Waals surface area contributed by atoms with Gasteiger partial charge in [0.1, 0.15) is 29.5 Å². The van der Waals surface area contributed by atoms with Crippen LogP contribution in [0.2, 0.25) is 0 Å². The van der Waals surface area contributed by atoms with Gasteiger partial charge in [-0.05, 0) is 62.6 Å². The van der Waals surface area contributed by atoms with Crippen LogP contribution < -0.4 is 15.0 Å². The molecule has 8 rings (SSSR count). The maximum absolute atomic E-state index is 16.9. The van der Waals surface area contributed by atoms with Crippen molar-refractivity contribution in [1.29, 1.82) is 0 Å². The number of fused-ring (bicyclic) bond motifs is 4. The number of terminal acetylenes is 1. The van der Waals surface area contributed by atoms with Crippen molar-refractivity contribution < 1.29 is 13.5 Å². The fourth-order valence-electron chi connectivity index (χ4n) is 8.09. The van der Waals surface area contributed by atoms with E-state index < -0.39 is 11.6 Å². The molecule has 0 bridgehead atoms. The number of nitrogens with zero attached hydrogens (tertiary/aromatic N) is 5. The molecule has 2 aromatic carbocycles. The molecule has 6 heterocycles. The molecule has 7 nitrogen and oxygen atoms in total. The molecule has 0 spiro atoms. The van der Waals surface area contributed by atoms with Crippen LogP contribution in [-0.4, -0.2) is 70.8 Å². The van der Waals surface area contributed by atoms with Gasteiger partial charge in [-0.25, -0.2) is 13.8 Å². The molecule has 3 fully saturated rings. The standard InChI is InChI=1S/C34H34F2N6O/c1-3-22-24(35)10-9-21-7-4-8-23(27(21)22)30-29(36)31-28-25(38-30)17-20(2)26-18-37-13-16-42(26)32(28)40-33(39-31)43-19-34-11-5-14-41(34)15-6-12-34/h1,4,7-10,20,26,37H,5-6,11-19H2,2H3/t20-,26+/m1/s1. The molecule has 2 aromatic heterocycles. The SMILES string of the molecule is C#Cc1c(F)ccc2cccc(-c3nc4c5c(nc(OCC67CCCN6CCC7)nc5c3F)N3CCNC[C@H]3[C@H](C)C4)c12. The van der Waals surface area contributed by atoms with Crippen LogP contribution in [0.15, 0.2) is 30.3 Å². The Hall–Kier alpha value is -3.87. The van der Waals surface area contributed by atoms with Crippen molar-refractivity contribution in [3.05, 3.63) is 53.2 Å². The Kier molecular flexibility index (Phi) is 6.28. The molecule has 1 N–H and O–H groups in total. The quantitative estimate of drug-likeness (QED) is 0.338. The van der Waals surface area contributed by atoms with E-state index in [0.29, 0.717) is 35.2 Å². The summed E-state index contributed by atoms with van der Waals surface area (Å²) in [5, 5.41) is 5.35. The van der Waals surface area contributed by atoms with Gasteiger partial charge in [-0.2, -0.15) is 9.97 Å². The highest BCUT2D eigenvalue weighted by molar-refractivity contribution is 6.02. The number of piperazine rings is 1. The first-order valence-electron chi connectivity index (χ1n) is 15.4. The summed E-state index contributed by atoms with van der Waals surface area (Å²) in [4.78, 5) is 19.5. The van der Waals surface area contributed by atoms with Crippen molar-refractivity contribution in [2.75, 3.05) is 44.2 Å². The van der Waals surface area contributed by atoms with Gasteiger partial charge in [-0.1, -0.05) is 37.1 Å². The van der Waals surface area contributed by atoms with Crippen molar-refractivity contribution >= 4 is 27.5 Å². The van der Waals surface area contributed by atoms with Gasteiger partial charge >= 0.3 is 6.01 Å². The summed E-state index contributed by atoms with van der Waals surface area (Å²) in [6, 6.07) is 8.80. The lowest BCUT2D eigenvalue weighted by Gasteiger charge is -2.39. The van der Waals surface area contributed by atoms with Crippen LogP contribution in [0.3, 0.4) is 0 Å². The van der Waals surface area contributed by atoms with Crippen LogP contribution in [0.5, 0.6) is 6.01 Å². The number of aromatic nitrogens is 3. The van der Waals surface area contributed by atoms with E-state index in [1.807, 2.05) is 12.1 Å². The summed E-state index contributed by atoms with van der Waals surface area (Å²) in [6.45, 7) is 7.23. The summed E-state index contributed by atoms with van der Waals surface area (Å²) in [6.07, 6.45) is 10.9. The van der Waals surface area contributed by atoms with Crippen LogP contribution in [0.1, 0.15) is 43.9 Å². The number of hydrogen-bond acceptors (Lipinski definition) is 7. The van der Waals surface area contributed by atoms with Crippen LogP contribution in [0.25, 0.3) is 32.9 Å². The van der Waals surface area contributed by atoms with Crippen molar-refractivity contribution in [1.82, 2.24) is 25.2 Å². The topological polar surface area (TPSA) is 66.4 Å². The van der Waals surface area contributed by atoms with Crippen LogP contribution >= 0.6 is 0 Å². The maximum Gasteiger partial charge on any atom is 0.319 e. The summed E-state index contributed by atoms with van der Waals surface area (Å²) in [7, 11) is 0. The first kappa shape index (κ1) is 26.7. The summed E-state index contributed by atoms with van der Waals surface area (Å²) < 4.78 is 38.2. The molecule has 0 radical (unpaired) electrons. The van der Waals surface area contributed by atoms with Gasteiger partial charge in [-0.3, -0.25) is 4.90 Å². The molecule has 2 atom stereocenters. The third-order valence-electron chi connectivity index (χ3n) is 10.2. The average molecular weight is 581 g/mol. The molecule has 0 saturated carbocycles. The van der Waals surface area contributed by atoms with Crippen molar-refractivity contribution in [2.45, 2.75) is 50.6 Å². The minimum Gasteiger partial charge on any atom is -0.461 e. The first-order valence-corrected chi connectivity index (χ1v) is 15.4. The molecule has 3 saturated heterocycles. The van der Waals surface area contributed by atoms with Crippen molar-refractivity contribution in [3.8, 4) is 29.6 Å². The zero-order valence-corrected chi connectivity index (χ0v) is 24.3. The predicted molar refractivity (Wildman–Crippen MR) is 163 cm³/mol. The zero-order chi connectivity index (χ0) is 29.3. The molecule has 0 amide bonds. The van der Waals surface area contributed by atoms with E-state index in [9.17, 15) is 4.39 Å². The summed E-state index contributed by atoms with van der Waals surface area (Å²) in [5.41, 5.74) is 1.60. The van der Waals surface area contributed by atoms with E-state index in [1.165, 1.54) is 6.07 Å². The minimum absolute atomic E-state index is 0.00426. The molecule has 9 heteroatoms. The van der Waals surface area contributed by atoms with Crippen LogP contribution in [0.4, 0.5) is 14.6 Å². The van der Waals surface area contributed by atoms with E-state index in [2.05, 4.69) is 28.0 Å². The Balaban J connectivity index is 1.34. The van der Waals surface area contributed by atoms with E-state index in [4.69, 9.17) is 26.1 Å². The smallest absolute Gasteiger partial charge is 0.319 e. The lowest BCUT2D eigenvalue weighted by molar-refractivity contribution is 0.108. The van der Waals surface area contributed by atoms with E-state index in [1.54, 1.807) is 12.1 Å². The van der Waals surface area contributed by atoms with Gasteiger partial charge in [-0.15, -0.1) is 6.42 Å². The van der Waals surface area contributed by atoms with E-state index in [0.717, 1.165) is 69.5 Å². The van der Waals surface area contributed by atoms with Gasteiger partial charge < -0.3 is 15.0 Å². The fourth-order valence-corrected chi connectivity index (χ4v) is 8.09. The van der Waals surface area contributed by atoms with Gasteiger partial charge in [0.15, 0.2) is 5.82 Å². The number of hydrogen-bond donors (Lipinski definition) is 1. The van der Waals surface area contributed by atoms with Gasteiger partial charge in [0.05, 0.1) is 22.2 Å². The molecule has 220 valence electrons. The second-order valence-electron chi connectivity index (χ2n) is 12.6.